The summed E-state index contributed by atoms with van der Waals surface area (Å²) in [5, 5.41) is 17.7. The number of hydrogen-bond donors (Lipinski definition) is 3. The smallest absolute Gasteiger partial charge is 0.407 e. The molecule has 0 aromatic heterocycles. The Kier molecular flexibility index (Phi) is 16.4. The minimum atomic E-state index is -0.973. The first kappa shape index (κ1) is 38.9. The zero-order valence-corrected chi connectivity index (χ0v) is 29.4. The van der Waals surface area contributed by atoms with E-state index in [1.807, 2.05) is 62.4 Å². The van der Waals surface area contributed by atoms with E-state index in [1.54, 1.807) is 35.0 Å². The van der Waals surface area contributed by atoms with Gasteiger partial charge in [-0.25, -0.2) is 4.79 Å². The van der Waals surface area contributed by atoms with Crippen LogP contribution in [-0.4, -0.2) is 62.3 Å². The van der Waals surface area contributed by atoms with Crippen molar-refractivity contribution >= 4 is 12.0 Å². The number of carbonyl (C=O) groups is 2. The van der Waals surface area contributed by atoms with Gasteiger partial charge in [0, 0.05) is 32.6 Å². The van der Waals surface area contributed by atoms with Crippen LogP contribution >= 0.6 is 0 Å². The molecular formula is C37H58N2O7. The van der Waals surface area contributed by atoms with Crippen molar-refractivity contribution in [2.24, 2.45) is 23.7 Å². The molecule has 2 aromatic carbocycles. The van der Waals surface area contributed by atoms with E-state index in [2.05, 4.69) is 24.5 Å². The van der Waals surface area contributed by atoms with Crippen molar-refractivity contribution in [1.82, 2.24) is 10.6 Å². The SMILES string of the molecule is COCCCOc1cc(C[C@@H](C[C@H](NC(=O)OC(C)(C)C)[C@@H](O)CC(C(=O)NCc2ccccc2)C(C)C)C(C)C)ccc1OC. The molecule has 2 rings (SSSR count). The molecule has 0 saturated carbocycles. The molecule has 1 unspecified atom stereocenters. The maximum absolute atomic E-state index is 13.3. The fourth-order valence-electron chi connectivity index (χ4n) is 5.36. The lowest BCUT2D eigenvalue weighted by molar-refractivity contribution is -0.127. The fourth-order valence-corrected chi connectivity index (χ4v) is 5.36. The summed E-state index contributed by atoms with van der Waals surface area (Å²) in [6.45, 7) is 15.2. The number of aliphatic hydroxyl groups is 1. The van der Waals surface area contributed by atoms with Gasteiger partial charge in [0.25, 0.3) is 0 Å². The second-order valence-corrected chi connectivity index (χ2v) is 13.7. The summed E-state index contributed by atoms with van der Waals surface area (Å²) in [6, 6.07) is 15.0. The number of amides is 2. The second kappa shape index (κ2) is 19.4. The van der Waals surface area contributed by atoms with Gasteiger partial charge in [-0.15, -0.1) is 0 Å². The summed E-state index contributed by atoms with van der Waals surface area (Å²) in [5.74, 6) is 1.07. The molecule has 46 heavy (non-hydrogen) atoms. The number of aliphatic hydroxyl groups excluding tert-OH is 1. The minimum Gasteiger partial charge on any atom is -0.493 e. The van der Waals surface area contributed by atoms with Crippen LogP contribution in [0, 0.1) is 23.7 Å². The van der Waals surface area contributed by atoms with Crippen molar-refractivity contribution < 1.29 is 33.6 Å². The van der Waals surface area contributed by atoms with Crippen LogP contribution in [0.15, 0.2) is 48.5 Å². The highest BCUT2D eigenvalue weighted by Crippen LogP contribution is 2.32. The summed E-state index contributed by atoms with van der Waals surface area (Å²) >= 11 is 0. The largest absolute Gasteiger partial charge is 0.493 e. The van der Waals surface area contributed by atoms with Crippen molar-refractivity contribution in [2.45, 2.75) is 98.4 Å². The Bertz CT molecular complexity index is 1180. The lowest BCUT2D eigenvalue weighted by atomic mass is 9.80. The zero-order valence-electron chi connectivity index (χ0n) is 29.4. The third-order valence-corrected chi connectivity index (χ3v) is 8.09. The van der Waals surface area contributed by atoms with Gasteiger partial charge < -0.3 is 34.7 Å². The highest BCUT2D eigenvalue weighted by molar-refractivity contribution is 5.79. The van der Waals surface area contributed by atoms with E-state index in [9.17, 15) is 14.7 Å². The van der Waals surface area contributed by atoms with Gasteiger partial charge in [0.1, 0.15) is 5.60 Å². The molecule has 0 saturated heterocycles. The van der Waals surface area contributed by atoms with E-state index in [4.69, 9.17) is 18.9 Å². The molecule has 0 heterocycles. The second-order valence-electron chi connectivity index (χ2n) is 13.7. The normalized spacial score (nSPS) is 14.3. The zero-order chi connectivity index (χ0) is 34.3. The molecular weight excluding hydrogens is 584 g/mol. The van der Waals surface area contributed by atoms with E-state index in [0.29, 0.717) is 44.1 Å². The molecule has 9 heteroatoms. The molecule has 2 aromatic rings. The predicted octanol–water partition coefficient (Wildman–Crippen LogP) is 6.55. The average molecular weight is 643 g/mol. The number of hydrogen-bond acceptors (Lipinski definition) is 7. The molecule has 4 atom stereocenters. The Hall–Kier alpha value is -3.30. The van der Waals surface area contributed by atoms with Crippen LogP contribution < -0.4 is 20.1 Å². The quantitative estimate of drug-likeness (QED) is 0.149. The standard InChI is InChI=1S/C37H58N2O7/c1-25(2)29(20-28-16-17-33(44-9)34(21-28)45-19-13-18-43-8)22-31(39-36(42)46-37(5,6)7)32(40)23-30(26(3)4)35(41)38-24-27-14-11-10-12-15-27/h10-12,14-17,21,25-26,29-32,40H,13,18-20,22-24H2,1-9H3,(H,38,41)(H,39,42)/t29-,30?,31-,32-/m0/s1. The first-order valence-electron chi connectivity index (χ1n) is 16.5. The number of rotatable bonds is 19. The van der Waals surface area contributed by atoms with Gasteiger partial charge in [-0.2, -0.15) is 0 Å². The van der Waals surface area contributed by atoms with Crippen molar-refractivity contribution in [3.63, 3.8) is 0 Å². The first-order valence-corrected chi connectivity index (χ1v) is 16.5. The van der Waals surface area contributed by atoms with Crippen LogP contribution in [-0.2, 0) is 27.2 Å². The first-order chi connectivity index (χ1) is 21.7. The molecule has 258 valence electrons. The van der Waals surface area contributed by atoms with Gasteiger partial charge in [0.05, 0.1) is 25.9 Å². The van der Waals surface area contributed by atoms with Crippen LogP contribution in [0.1, 0.15) is 78.9 Å². The number of methoxy groups -OCH3 is 2. The predicted molar refractivity (Wildman–Crippen MR) is 182 cm³/mol. The monoisotopic (exact) mass is 642 g/mol. The maximum Gasteiger partial charge on any atom is 0.407 e. The summed E-state index contributed by atoms with van der Waals surface area (Å²) in [6.07, 6.45) is 0.580. The van der Waals surface area contributed by atoms with Crippen molar-refractivity contribution in [2.75, 3.05) is 27.4 Å². The number of carbonyl (C=O) groups excluding carboxylic acids is 2. The van der Waals surface area contributed by atoms with Gasteiger partial charge in [-0.05, 0) is 81.0 Å². The third-order valence-electron chi connectivity index (χ3n) is 8.09. The molecule has 0 fully saturated rings. The highest BCUT2D eigenvalue weighted by Gasteiger charge is 2.33. The minimum absolute atomic E-state index is 0.0184. The van der Waals surface area contributed by atoms with Crippen LogP contribution in [0.3, 0.4) is 0 Å². The van der Waals surface area contributed by atoms with Crippen LogP contribution in [0.5, 0.6) is 11.5 Å². The Labute approximate surface area is 276 Å². The van der Waals surface area contributed by atoms with Gasteiger partial charge in [0.2, 0.25) is 5.91 Å². The molecule has 0 radical (unpaired) electrons. The summed E-state index contributed by atoms with van der Waals surface area (Å²) in [4.78, 5) is 26.3. The highest BCUT2D eigenvalue weighted by atomic mass is 16.6. The molecule has 0 aliphatic heterocycles. The Morgan fingerprint density at radius 2 is 1.57 bits per heavy atom. The molecule has 3 N–H and O–H groups in total. The van der Waals surface area contributed by atoms with Gasteiger partial charge in [-0.1, -0.05) is 64.1 Å². The Balaban J connectivity index is 2.26. The topological polar surface area (TPSA) is 115 Å². The van der Waals surface area contributed by atoms with E-state index >= 15 is 0 Å². The molecule has 9 nitrogen and oxygen atoms in total. The van der Waals surface area contributed by atoms with E-state index < -0.39 is 29.8 Å². The van der Waals surface area contributed by atoms with E-state index in [0.717, 1.165) is 17.5 Å². The molecule has 2 amide bonds. The summed E-state index contributed by atoms with van der Waals surface area (Å²) in [7, 11) is 3.29. The lowest BCUT2D eigenvalue weighted by Crippen LogP contribution is -2.48. The van der Waals surface area contributed by atoms with Crippen LogP contribution in [0.25, 0.3) is 0 Å². The van der Waals surface area contributed by atoms with Gasteiger partial charge in [0.15, 0.2) is 11.5 Å². The molecule has 0 bridgehead atoms. The van der Waals surface area contributed by atoms with Crippen LogP contribution in [0.2, 0.25) is 0 Å². The van der Waals surface area contributed by atoms with Crippen molar-refractivity contribution in [3.8, 4) is 11.5 Å². The van der Waals surface area contributed by atoms with Crippen LogP contribution in [0.4, 0.5) is 4.79 Å². The average Bonchev–Trinajstić information content (AvgIpc) is 2.99. The molecule has 0 aliphatic carbocycles. The summed E-state index contributed by atoms with van der Waals surface area (Å²) in [5.41, 5.74) is 1.37. The fraction of sp³-hybridized carbons (Fsp3) is 0.622. The van der Waals surface area contributed by atoms with Gasteiger partial charge >= 0.3 is 6.09 Å². The Morgan fingerprint density at radius 3 is 2.15 bits per heavy atom. The molecule has 0 aliphatic rings. The van der Waals surface area contributed by atoms with Crippen molar-refractivity contribution in [1.29, 1.82) is 0 Å². The van der Waals surface area contributed by atoms with E-state index in [-0.39, 0.29) is 30.1 Å². The molecule has 0 spiro atoms. The van der Waals surface area contributed by atoms with E-state index in [1.165, 1.54) is 0 Å². The van der Waals surface area contributed by atoms with Gasteiger partial charge in [-0.3, -0.25) is 4.79 Å². The maximum atomic E-state index is 13.3. The lowest BCUT2D eigenvalue weighted by Gasteiger charge is -2.33. The number of nitrogens with one attached hydrogen (secondary N) is 2. The number of benzene rings is 2. The Morgan fingerprint density at radius 1 is 0.870 bits per heavy atom. The number of alkyl carbamates (subject to hydrolysis) is 1. The summed E-state index contributed by atoms with van der Waals surface area (Å²) < 4.78 is 22.3. The third kappa shape index (κ3) is 14.0. The van der Waals surface area contributed by atoms with Crippen molar-refractivity contribution in [3.05, 3.63) is 59.7 Å². The number of ether oxygens (including phenoxy) is 4.